The monoisotopic (exact) mass is 368 g/mol. The van der Waals surface area contributed by atoms with E-state index in [1.807, 2.05) is 43.3 Å². The van der Waals surface area contributed by atoms with E-state index >= 15 is 0 Å². The first-order chi connectivity index (χ1) is 10.1. The van der Waals surface area contributed by atoms with E-state index in [9.17, 15) is 4.79 Å². The zero-order valence-electron chi connectivity index (χ0n) is 12.0. The number of benzene rings is 1. The molecule has 5 heteroatoms. The number of esters is 1. The maximum absolute atomic E-state index is 11.2. The summed E-state index contributed by atoms with van der Waals surface area (Å²) in [6, 6.07) is 12.0. The Labute approximate surface area is 137 Å². The number of ether oxygens (including phenoxy) is 1. The first kappa shape index (κ1) is 16.2. The van der Waals surface area contributed by atoms with E-state index in [-0.39, 0.29) is 11.2 Å². The second kappa shape index (κ2) is 7.71. The third kappa shape index (κ3) is 4.93. The highest BCUT2D eigenvalue weighted by atomic mass is 79.9. The minimum Gasteiger partial charge on any atom is -0.469 e. The number of halogens is 1. The lowest BCUT2D eigenvalue weighted by molar-refractivity contribution is -0.140. The number of hydrogen-bond acceptors (Lipinski definition) is 4. The van der Waals surface area contributed by atoms with Crippen LogP contribution >= 0.6 is 27.7 Å². The fraction of sp³-hybridized carbons (Fsp3) is 0.312. The maximum Gasteiger partial charge on any atom is 0.306 e. The smallest absolute Gasteiger partial charge is 0.306 e. The summed E-state index contributed by atoms with van der Waals surface area (Å²) < 4.78 is 11.6. The lowest BCUT2D eigenvalue weighted by atomic mass is 10.2. The highest BCUT2D eigenvalue weighted by molar-refractivity contribution is 9.10. The third-order valence-electron chi connectivity index (χ3n) is 2.98. The van der Waals surface area contributed by atoms with Crippen molar-refractivity contribution in [1.82, 2.24) is 0 Å². The van der Waals surface area contributed by atoms with E-state index in [0.717, 1.165) is 27.3 Å². The lowest BCUT2D eigenvalue weighted by Gasteiger charge is -2.08. The van der Waals surface area contributed by atoms with E-state index in [1.165, 1.54) is 7.11 Å². The van der Waals surface area contributed by atoms with Gasteiger partial charge in [-0.05, 0) is 24.3 Å². The van der Waals surface area contributed by atoms with Crippen molar-refractivity contribution < 1.29 is 13.9 Å². The van der Waals surface area contributed by atoms with Gasteiger partial charge in [0.1, 0.15) is 11.5 Å². The molecule has 3 nitrogen and oxygen atoms in total. The lowest BCUT2D eigenvalue weighted by Crippen LogP contribution is -2.08. The van der Waals surface area contributed by atoms with E-state index in [1.54, 1.807) is 11.8 Å². The Balaban J connectivity index is 1.91. The predicted octanol–water partition coefficient (Wildman–Crippen LogP) is 4.89. The highest BCUT2D eigenvalue weighted by Crippen LogP contribution is 2.27. The number of carbonyl (C=O) groups is 1. The average molecular weight is 369 g/mol. The summed E-state index contributed by atoms with van der Waals surface area (Å²) in [4.78, 5) is 11.2. The molecule has 0 spiro atoms. The van der Waals surface area contributed by atoms with Gasteiger partial charge in [0.15, 0.2) is 0 Å². The highest BCUT2D eigenvalue weighted by Gasteiger charge is 2.11. The number of hydrogen-bond donors (Lipinski definition) is 0. The van der Waals surface area contributed by atoms with Crippen LogP contribution < -0.4 is 0 Å². The number of thioether (sulfide) groups is 1. The first-order valence-electron chi connectivity index (χ1n) is 6.61. The summed E-state index contributed by atoms with van der Waals surface area (Å²) in [7, 11) is 1.41. The predicted molar refractivity (Wildman–Crippen MR) is 89.2 cm³/mol. The Kier molecular flexibility index (Phi) is 5.94. The van der Waals surface area contributed by atoms with Crippen LogP contribution in [0.25, 0.3) is 11.3 Å². The van der Waals surface area contributed by atoms with E-state index in [4.69, 9.17) is 4.42 Å². The van der Waals surface area contributed by atoms with Crippen molar-refractivity contribution in [3.63, 3.8) is 0 Å². The second-order valence-corrected chi connectivity index (χ2v) is 7.02. The summed E-state index contributed by atoms with van der Waals surface area (Å²) in [5.74, 6) is 2.34. The molecule has 2 rings (SSSR count). The molecule has 0 radical (unpaired) electrons. The van der Waals surface area contributed by atoms with Crippen LogP contribution in [0.1, 0.15) is 19.1 Å². The molecular weight excluding hydrogens is 352 g/mol. The molecule has 0 saturated carbocycles. The normalized spacial score (nSPS) is 12.1. The van der Waals surface area contributed by atoms with Gasteiger partial charge in [0.25, 0.3) is 0 Å². The number of methoxy groups -OCH3 is 1. The van der Waals surface area contributed by atoms with Gasteiger partial charge >= 0.3 is 5.97 Å². The molecule has 1 unspecified atom stereocenters. The fourth-order valence-corrected chi connectivity index (χ4v) is 2.95. The van der Waals surface area contributed by atoms with Crippen LogP contribution in [0.4, 0.5) is 0 Å². The van der Waals surface area contributed by atoms with Crippen LogP contribution in [0.15, 0.2) is 45.3 Å². The molecule has 0 aliphatic carbocycles. The number of rotatable bonds is 6. The van der Waals surface area contributed by atoms with Crippen molar-refractivity contribution in [2.45, 2.75) is 24.3 Å². The van der Waals surface area contributed by atoms with Gasteiger partial charge in [0.05, 0.1) is 19.3 Å². The molecule has 0 fully saturated rings. The summed E-state index contributed by atoms with van der Waals surface area (Å²) in [6.45, 7) is 2.01. The van der Waals surface area contributed by atoms with E-state index < -0.39 is 0 Å². The van der Waals surface area contributed by atoms with Gasteiger partial charge in [-0.2, -0.15) is 11.8 Å². The Hall–Kier alpha value is -1.20. The van der Waals surface area contributed by atoms with Crippen LogP contribution in [0, 0.1) is 0 Å². The molecule has 0 amide bonds. The van der Waals surface area contributed by atoms with E-state index in [2.05, 4.69) is 20.7 Å². The van der Waals surface area contributed by atoms with Crippen LogP contribution in [-0.2, 0) is 15.3 Å². The minimum absolute atomic E-state index is 0.176. The quantitative estimate of drug-likeness (QED) is 0.680. The minimum atomic E-state index is -0.176. The van der Waals surface area contributed by atoms with Crippen LogP contribution in [0.3, 0.4) is 0 Å². The summed E-state index contributed by atoms with van der Waals surface area (Å²) in [5.41, 5.74) is 1.05. The van der Waals surface area contributed by atoms with Gasteiger partial charge in [0.2, 0.25) is 0 Å². The second-order valence-electron chi connectivity index (χ2n) is 4.67. The Bertz CT molecular complexity index is 592. The topological polar surface area (TPSA) is 39.4 Å². The molecule has 0 N–H and O–H groups in total. The Morgan fingerprint density at radius 3 is 2.67 bits per heavy atom. The van der Waals surface area contributed by atoms with Crippen molar-refractivity contribution in [2.24, 2.45) is 0 Å². The maximum atomic E-state index is 11.2. The molecular formula is C16H17BrO3S. The van der Waals surface area contributed by atoms with Gasteiger partial charge in [0, 0.05) is 15.3 Å². The summed E-state index contributed by atoms with van der Waals surface area (Å²) in [5, 5.41) is 0.207. The summed E-state index contributed by atoms with van der Waals surface area (Å²) >= 11 is 5.10. The molecule has 0 aliphatic heterocycles. The van der Waals surface area contributed by atoms with Crippen molar-refractivity contribution in [1.29, 1.82) is 0 Å². The van der Waals surface area contributed by atoms with E-state index in [0.29, 0.717) is 6.42 Å². The number of furan rings is 1. The first-order valence-corrected chi connectivity index (χ1v) is 8.45. The molecule has 1 aromatic heterocycles. The third-order valence-corrected chi connectivity index (χ3v) is 4.70. The van der Waals surface area contributed by atoms with Crippen LogP contribution in [0.5, 0.6) is 0 Å². The van der Waals surface area contributed by atoms with Gasteiger partial charge in [-0.1, -0.05) is 35.0 Å². The molecule has 1 heterocycles. The van der Waals surface area contributed by atoms with Crippen molar-refractivity contribution in [3.8, 4) is 11.3 Å². The standard InChI is InChI=1S/C16H17BrO3S/c1-11(9-16(18)19-2)21-10-14-7-8-15(20-14)12-3-5-13(17)6-4-12/h3-8,11H,9-10H2,1-2H3. The van der Waals surface area contributed by atoms with Gasteiger partial charge < -0.3 is 9.15 Å². The van der Waals surface area contributed by atoms with Crippen molar-refractivity contribution in [2.75, 3.05) is 7.11 Å². The van der Waals surface area contributed by atoms with Crippen LogP contribution in [0.2, 0.25) is 0 Å². The molecule has 0 aliphatic rings. The number of carbonyl (C=O) groups excluding carboxylic acids is 1. The fourth-order valence-electron chi connectivity index (χ4n) is 1.83. The van der Waals surface area contributed by atoms with Gasteiger partial charge in [-0.3, -0.25) is 4.79 Å². The molecule has 1 atom stereocenters. The molecule has 2 aromatic rings. The molecule has 112 valence electrons. The van der Waals surface area contributed by atoms with Crippen LogP contribution in [-0.4, -0.2) is 18.3 Å². The average Bonchev–Trinajstić information content (AvgIpc) is 2.94. The Morgan fingerprint density at radius 2 is 2.00 bits per heavy atom. The zero-order chi connectivity index (χ0) is 15.2. The molecule has 21 heavy (non-hydrogen) atoms. The molecule has 1 aromatic carbocycles. The van der Waals surface area contributed by atoms with Crippen molar-refractivity contribution in [3.05, 3.63) is 46.6 Å². The largest absolute Gasteiger partial charge is 0.469 e. The molecule has 0 saturated heterocycles. The Morgan fingerprint density at radius 1 is 1.29 bits per heavy atom. The van der Waals surface area contributed by atoms with Gasteiger partial charge in [-0.25, -0.2) is 0 Å². The SMILES string of the molecule is COC(=O)CC(C)SCc1ccc(-c2ccc(Br)cc2)o1. The summed E-state index contributed by atoms with van der Waals surface area (Å²) in [6.07, 6.45) is 0.418. The zero-order valence-corrected chi connectivity index (χ0v) is 14.4. The molecule has 0 bridgehead atoms. The van der Waals surface area contributed by atoms with Gasteiger partial charge in [-0.15, -0.1) is 0 Å². The van der Waals surface area contributed by atoms with Crippen molar-refractivity contribution >= 4 is 33.7 Å².